The summed E-state index contributed by atoms with van der Waals surface area (Å²) in [6.07, 6.45) is 0.157. The van der Waals surface area contributed by atoms with Crippen molar-refractivity contribution in [1.82, 2.24) is 5.32 Å². The minimum absolute atomic E-state index is 0. The van der Waals surface area contributed by atoms with Gasteiger partial charge in [0.15, 0.2) is 0 Å². The van der Waals surface area contributed by atoms with E-state index in [4.69, 9.17) is 9.47 Å². The number of nitrogens with one attached hydrogen (secondary N) is 1. The summed E-state index contributed by atoms with van der Waals surface area (Å²) in [6, 6.07) is 9.74. The van der Waals surface area contributed by atoms with Crippen LogP contribution in [0.4, 0.5) is 0 Å². The average Bonchev–Trinajstić information content (AvgIpc) is 3.21. The first-order valence-corrected chi connectivity index (χ1v) is 6.31. The van der Waals surface area contributed by atoms with E-state index in [1.165, 1.54) is 0 Å². The van der Waals surface area contributed by atoms with Crippen molar-refractivity contribution >= 4 is 18.4 Å². The molecule has 0 saturated carbocycles. The SMILES string of the molecule is CCOC(=O)[C@H](C)NC(c1ccccc1)C1CO1.Cl. The van der Waals surface area contributed by atoms with Crippen molar-refractivity contribution in [3.8, 4) is 0 Å². The topological polar surface area (TPSA) is 50.9 Å². The van der Waals surface area contributed by atoms with E-state index in [0.29, 0.717) is 6.61 Å². The highest BCUT2D eigenvalue weighted by molar-refractivity contribution is 5.85. The monoisotopic (exact) mass is 285 g/mol. The van der Waals surface area contributed by atoms with E-state index in [1.807, 2.05) is 44.2 Å². The fourth-order valence-corrected chi connectivity index (χ4v) is 1.93. The molecule has 4 nitrogen and oxygen atoms in total. The summed E-state index contributed by atoms with van der Waals surface area (Å²) in [6.45, 7) is 4.77. The smallest absolute Gasteiger partial charge is 0.322 e. The van der Waals surface area contributed by atoms with E-state index in [2.05, 4.69) is 5.32 Å². The second kappa shape index (κ2) is 7.48. The Hall–Kier alpha value is -1.10. The Morgan fingerprint density at radius 3 is 2.63 bits per heavy atom. The molecule has 0 bridgehead atoms. The minimum Gasteiger partial charge on any atom is -0.465 e. The van der Waals surface area contributed by atoms with Crippen LogP contribution in [0, 0.1) is 0 Å². The van der Waals surface area contributed by atoms with Crippen LogP contribution in [0.3, 0.4) is 0 Å². The van der Waals surface area contributed by atoms with Crippen LogP contribution in [-0.2, 0) is 14.3 Å². The van der Waals surface area contributed by atoms with Gasteiger partial charge in [-0.2, -0.15) is 0 Å². The summed E-state index contributed by atoms with van der Waals surface area (Å²) < 4.78 is 10.3. The van der Waals surface area contributed by atoms with Crippen LogP contribution >= 0.6 is 12.4 Å². The first-order valence-electron chi connectivity index (χ1n) is 6.31. The van der Waals surface area contributed by atoms with Crippen LogP contribution in [0.1, 0.15) is 25.5 Å². The van der Waals surface area contributed by atoms with Gasteiger partial charge in [-0.15, -0.1) is 12.4 Å². The summed E-state index contributed by atoms with van der Waals surface area (Å²) in [4.78, 5) is 11.6. The number of hydrogen-bond acceptors (Lipinski definition) is 4. The molecule has 0 radical (unpaired) electrons. The van der Waals surface area contributed by atoms with Crippen LogP contribution in [0.15, 0.2) is 30.3 Å². The summed E-state index contributed by atoms with van der Waals surface area (Å²) >= 11 is 0. The van der Waals surface area contributed by atoms with Gasteiger partial charge in [0.05, 0.1) is 19.3 Å². The van der Waals surface area contributed by atoms with Gasteiger partial charge in [0.1, 0.15) is 12.1 Å². The van der Waals surface area contributed by atoms with Gasteiger partial charge in [0.2, 0.25) is 0 Å². The molecule has 1 saturated heterocycles. The summed E-state index contributed by atoms with van der Waals surface area (Å²) in [5.41, 5.74) is 1.14. The predicted molar refractivity (Wildman–Crippen MR) is 75.4 cm³/mol. The van der Waals surface area contributed by atoms with Crippen molar-refractivity contribution < 1.29 is 14.3 Å². The molecule has 0 spiro atoms. The van der Waals surface area contributed by atoms with E-state index >= 15 is 0 Å². The molecule has 0 aliphatic carbocycles. The Labute approximate surface area is 119 Å². The lowest BCUT2D eigenvalue weighted by Gasteiger charge is -2.21. The van der Waals surface area contributed by atoms with Crippen molar-refractivity contribution in [3.63, 3.8) is 0 Å². The molecule has 1 heterocycles. The van der Waals surface area contributed by atoms with Crippen LogP contribution in [0.25, 0.3) is 0 Å². The number of epoxide rings is 1. The Balaban J connectivity index is 0.00000180. The maximum atomic E-state index is 11.6. The molecule has 1 aromatic rings. The zero-order valence-corrected chi connectivity index (χ0v) is 12.0. The number of benzene rings is 1. The highest BCUT2D eigenvalue weighted by Gasteiger charge is 2.35. The molecule has 5 heteroatoms. The Kier molecular flexibility index (Phi) is 6.28. The lowest BCUT2D eigenvalue weighted by molar-refractivity contribution is -0.145. The molecule has 1 fully saturated rings. The van der Waals surface area contributed by atoms with Crippen molar-refractivity contribution in [2.24, 2.45) is 0 Å². The fraction of sp³-hybridized carbons (Fsp3) is 0.500. The number of rotatable bonds is 6. The lowest BCUT2D eigenvalue weighted by atomic mass is 10.0. The highest BCUT2D eigenvalue weighted by Crippen LogP contribution is 2.27. The Bertz CT molecular complexity index is 395. The molecule has 0 amide bonds. The molecule has 1 aromatic carbocycles. The molecule has 106 valence electrons. The maximum absolute atomic E-state index is 11.6. The second-order valence-electron chi connectivity index (χ2n) is 4.40. The average molecular weight is 286 g/mol. The van der Waals surface area contributed by atoms with Crippen molar-refractivity contribution in [1.29, 1.82) is 0 Å². The van der Waals surface area contributed by atoms with Crippen LogP contribution in [0.5, 0.6) is 0 Å². The number of carbonyl (C=O) groups is 1. The van der Waals surface area contributed by atoms with Gasteiger partial charge in [-0.1, -0.05) is 30.3 Å². The van der Waals surface area contributed by atoms with Crippen molar-refractivity contribution in [2.75, 3.05) is 13.2 Å². The van der Waals surface area contributed by atoms with Gasteiger partial charge in [-0.3, -0.25) is 10.1 Å². The number of ether oxygens (including phenoxy) is 2. The number of hydrogen-bond donors (Lipinski definition) is 1. The van der Waals surface area contributed by atoms with E-state index < -0.39 is 0 Å². The Morgan fingerprint density at radius 1 is 1.47 bits per heavy atom. The molecule has 3 atom stereocenters. The van der Waals surface area contributed by atoms with Gasteiger partial charge in [-0.05, 0) is 19.4 Å². The van der Waals surface area contributed by atoms with Gasteiger partial charge >= 0.3 is 5.97 Å². The molecule has 1 aliphatic rings. The third-order valence-corrected chi connectivity index (χ3v) is 2.96. The van der Waals surface area contributed by atoms with Gasteiger partial charge in [0.25, 0.3) is 0 Å². The highest BCUT2D eigenvalue weighted by atomic mass is 35.5. The number of carbonyl (C=O) groups excluding carboxylic acids is 1. The summed E-state index contributed by atoms with van der Waals surface area (Å²) in [7, 11) is 0. The molecule has 2 unspecified atom stereocenters. The largest absolute Gasteiger partial charge is 0.465 e. The third-order valence-electron chi connectivity index (χ3n) is 2.96. The van der Waals surface area contributed by atoms with Crippen LogP contribution in [-0.4, -0.2) is 31.3 Å². The lowest BCUT2D eigenvalue weighted by Crippen LogP contribution is -2.40. The first kappa shape index (κ1) is 16.0. The summed E-state index contributed by atoms with van der Waals surface area (Å²) in [5.74, 6) is -0.223. The van der Waals surface area contributed by atoms with Crippen molar-refractivity contribution in [3.05, 3.63) is 35.9 Å². The zero-order valence-electron chi connectivity index (χ0n) is 11.2. The van der Waals surface area contributed by atoms with E-state index in [9.17, 15) is 4.79 Å². The molecule has 1 N–H and O–H groups in total. The van der Waals surface area contributed by atoms with Crippen molar-refractivity contribution in [2.45, 2.75) is 32.0 Å². The molecule has 1 aliphatic heterocycles. The molecular formula is C14H20ClNO3. The summed E-state index contributed by atoms with van der Waals surface area (Å²) in [5, 5.41) is 3.28. The quantitative estimate of drug-likeness (QED) is 0.642. The molecule has 2 rings (SSSR count). The minimum atomic E-state index is -0.334. The molecule has 0 aromatic heterocycles. The fourth-order valence-electron chi connectivity index (χ4n) is 1.93. The van der Waals surface area contributed by atoms with E-state index in [-0.39, 0.29) is 36.6 Å². The van der Waals surface area contributed by atoms with Crippen LogP contribution < -0.4 is 5.32 Å². The standard InChI is InChI=1S/C14H19NO3.ClH/c1-3-17-14(16)10(2)15-13(12-9-18-12)11-7-5-4-6-8-11;/h4-8,10,12-13,15H,3,9H2,1-2H3;1H/t10-,12?,13?;/m0./s1. The second-order valence-corrected chi connectivity index (χ2v) is 4.40. The maximum Gasteiger partial charge on any atom is 0.322 e. The molecular weight excluding hydrogens is 266 g/mol. The van der Waals surface area contributed by atoms with E-state index in [1.54, 1.807) is 0 Å². The molecule has 19 heavy (non-hydrogen) atoms. The third kappa shape index (κ3) is 4.49. The Morgan fingerprint density at radius 2 is 2.11 bits per heavy atom. The number of halogens is 1. The normalized spacial score (nSPS) is 20.0. The van der Waals surface area contributed by atoms with Crippen LogP contribution in [0.2, 0.25) is 0 Å². The predicted octanol–water partition coefficient (Wildman–Crippen LogP) is 2.09. The number of esters is 1. The van der Waals surface area contributed by atoms with Gasteiger partial charge in [-0.25, -0.2) is 0 Å². The van der Waals surface area contributed by atoms with Gasteiger partial charge in [0, 0.05) is 0 Å². The van der Waals surface area contributed by atoms with E-state index in [0.717, 1.165) is 12.2 Å². The van der Waals surface area contributed by atoms with Gasteiger partial charge < -0.3 is 9.47 Å². The first-order chi connectivity index (χ1) is 8.72. The zero-order chi connectivity index (χ0) is 13.0.